The number of hydrogen-bond donors (Lipinski definition) is 1. The van der Waals surface area contributed by atoms with Crippen LogP contribution in [-0.4, -0.2) is 30.5 Å². The minimum atomic E-state index is -0.722. The Hall–Kier alpha value is -1.34. The monoisotopic (exact) mass is 301 g/mol. The van der Waals surface area contributed by atoms with Crippen LogP contribution in [0.2, 0.25) is 0 Å². The molecule has 1 fully saturated rings. The zero-order valence-electron chi connectivity index (χ0n) is 10.9. The van der Waals surface area contributed by atoms with E-state index in [0.717, 1.165) is 18.9 Å². The van der Waals surface area contributed by atoms with E-state index < -0.39 is 10.7 Å². The van der Waals surface area contributed by atoms with Gasteiger partial charge in [-0.1, -0.05) is 6.07 Å². The summed E-state index contributed by atoms with van der Waals surface area (Å²) in [4.78, 5) is 10.3. The highest BCUT2D eigenvalue weighted by atomic mass is 32.1. The smallest absolute Gasteiger partial charge is 0.314 e. The van der Waals surface area contributed by atoms with E-state index in [9.17, 15) is 14.5 Å². The third-order valence-corrected chi connectivity index (χ3v) is 4.23. The Morgan fingerprint density at radius 1 is 1.45 bits per heavy atom. The number of halogens is 1. The van der Waals surface area contributed by atoms with Crippen molar-refractivity contribution in [2.75, 3.05) is 25.6 Å². The average Bonchev–Trinajstić information content (AvgIpc) is 2.46. The molecule has 110 valence electrons. The molecule has 1 saturated heterocycles. The quantitative estimate of drug-likeness (QED) is 0.516. The highest BCUT2D eigenvalue weighted by Gasteiger charge is 2.33. The van der Waals surface area contributed by atoms with Gasteiger partial charge in [0, 0.05) is 24.7 Å². The van der Waals surface area contributed by atoms with E-state index >= 15 is 0 Å². The van der Waals surface area contributed by atoms with Gasteiger partial charge in [0.1, 0.15) is 0 Å². The summed E-state index contributed by atoms with van der Waals surface area (Å²) in [5.41, 5.74) is -0.580. The zero-order valence-corrected chi connectivity index (χ0v) is 11.8. The van der Waals surface area contributed by atoms with E-state index in [1.165, 1.54) is 12.1 Å². The molecule has 1 heterocycles. The van der Waals surface area contributed by atoms with Crippen LogP contribution in [0.1, 0.15) is 12.8 Å². The molecule has 2 rings (SSSR count). The number of para-hydroxylation sites is 1. The number of thiol groups is 1. The summed E-state index contributed by atoms with van der Waals surface area (Å²) >= 11 is 4.32. The molecule has 0 spiro atoms. The summed E-state index contributed by atoms with van der Waals surface area (Å²) in [5.74, 6) is -0.454. The fourth-order valence-electron chi connectivity index (χ4n) is 2.16. The molecule has 0 radical (unpaired) electrons. The molecule has 20 heavy (non-hydrogen) atoms. The van der Waals surface area contributed by atoms with Gasteiger partial charge in [-0.3, -0.25) is 10.1 Å². The second-order valence-electron chi connectivity index (χ2n) is 4.90. The number of nitro groups is 1. The van der Waals surface area contributed by atoms with Gasteiger partial charge in [-0.2, -0.15) is 12.6 Å². The first-order chi connectivity index (χ1) is 9.58. The predicted octanol–water partition coefficient (Wildman–Crippen LogP) is 2.84. The number of nitrogens with zero attached hydrogens (tertiary/aromatic N) is 1. The molecule has 0 unspecified atom stereocenters. The fourth-order valence-corrected chi connectivity index (χ4v) is 2.57. The maximum atomic E-state index is 13.7. The Morgan fingerprint density at radius 3 is 2.75 bits per heavy atom. The number of hydrogen-bond acceptors (Lipinski definition) is 5. The summed E-state index contributed by atoms with van der Waals surface area (Å²) in [5, 5.41) is 10.9. The topological polar surface area (TPSA) is 61.6 Å². The Kier molecular flexibility index (Phi) is 4.82. The van der Waals surface area contributed by atoms with Gasteiger partial charge in [-0.05, 0) is 24.7 Å². The molecule has 1 aliphatic heterocycles. The van der Waals surface area contributed by atoms with Crippen molar-refractivity contribution in [3.05, 3.63) is 34.1 Å². The first kappa shape index (κ1) is 15.1. The van der Waals surface area contributed by atoms with Crippen molar-refractivity contribution < 1.29 is 18.8 Å². The Labute approximate surface area is 121 Å². The number of nitro benzene ring substituents is 1. The summed E-state index contributed by atoms with van der Waals surface area (Å²) in [6.07, 6.45) is 1.50. The van der Waals surface area contributed by atoms with Crippen LogP contribution in [0.4, 0.5) is 10.1 Å². The minimum absolute atomic E-state index is 0.196. The van der Waals surface area contributed by atoms with Crippen LogP contribution in [0.25, 0.3) is 0 Å². The van der Waals surface area contributed by atoms with E-state index in [1.807, 2.05) is 0 Å². The van der Waals surface area contributed by atoms with E-state index in [-0.39, 0.29) is 23.5 Å². The lowest BCUT2D eigenvalue weighted by Gasteiger charge is -2.35. The molecule has 0 aliphatic carbocycles. The maximum Gasteiger partial charge on any atom is 0.314 e. The predicted molar refractivity (Wildman–Crippen MR) is 74.9 cm³/mol. The molecule has 1 aliphatic rings. The molecule has 0 saturated carbocycles. The van der Waals surface area contributed by atoms with E-state index in [0.29, 0.717) is 19.0 Å². The van der Waals surface area contributed by atoms with Crippen LogP contribution in [0.3, 0.4) is 0 Å². The average molecular weight is 301 g/mol. The van der Waals surface area contributed by atoms with Gasteiger partial charge in [0.05, 0.1) is 11.5 Å². The fraction of sp³-hybridized carbons (Fsp3) is 0.538. The van der Waals surface area contributed by atoms with Crippen LogP contribution < -0.4 is 4.74 Å². The first-order valence-electron chi connectivity index (χ1n) is 6.32. The van der Waals surface area contributed by atoms with E-state index in [4.69, 9.17) is 9.47 Å². The van der Waals surface area contributed by atoms with Crippen molar-refractivity contribution in [2.24, 2.45) is 5.41 Å². The normalized spacial score (nSPS) is 17.7. The molecule has 0 aromatic heterocycles. The maximum absolute atomic E-state index is 13.7. The van der Waals surface area contributed by atoms with Crippen LogP contribution in [0.5, 0.6) is 5.75 Å². The Balaban J connectivity index is 2.15. The van der Waals surface area contributed by atoms with Gasteiger partial charge in [0.25, 0.3) is 0 Å². The molecule has 1 aromatic rings. The molecule has 0 N–H and O–H groups in total. The lowest BCUT2D eigenvalue weighted by molar-refractivity contribution is -0.386. The SMILES string of the molecule is O=[N+]([O-])c1cccc(F)c1OCC1(CS)CCOCC1. The first-order valence-corrected chi connectivity index (χ1v) is 6.95. The third kappa shape index (κ3) is 3.21. The molecule has 5 nitrogen and oxygen atoms in total. The van der Waals surface area contributed by atoms with Gasteiger partial charge in [-0.25, -0.2) is 4.39 Å². The van der Waals surface area contributed by atoms with Gasteiger partial charge in [-0.15, -0.1) is 0 Å². The van der Waals surface area contributed by atoms with Crippen LogP contribution >= 0.6 is 12.6 Å². The van der Waals surface area contributed by atoms with Gasteiger partial charge in [0.15, 0.2) is 5.82 Å². The van der Waals surface area contributed by atoms with Crippen LogP contribution in [0, 0.1) is 21.3 Å². The molecule has 0 amide bonds. The molecule has 7 heteroatoms. The van der Waals surface area contributed by atoms with Crippen molar-refractivity contribution >= 4 is 18.3 Å². The second-order valence-corrected chi connectivity index (χ2v) is 5.22. The van der Waals surface area contributed by atoms with Crippen molar-refractivity contribution in [1.82, 2.24) is 0 Å². The van der Waals surface area contributed by atoms with Crippen molar-refractivity contribution in [2.45, 2.75) is 12.8 Å². The van der Waals surface area contributed by atoms with E-state index in [2.05, 4.69) is 12.6 Å². The number of ether oxygens (including phenoxy) is 2. The molecular weight excluding hydrogens is 285 g/mol. The number of rotatable bonds is 5. The summed E-state index contributed by atoms with van der Waals surface area (Å²) in [6, 6.07) is 3.68. The third-order valence-electron chi connectivity index (χ3n) is 3.55. The molecule has 0 bridgehead atoms. The lowest BCUT2D eigenvalue weighted by Crippen LogP contribution is -2.37. The van der Waals surface area contributed by atoms with Crippen LogP contribution in [-0.2, 0) is 4.74 Å². The Morgan fingerprint density at radius 2 is 2.15 bits per heavy atom. The van der Waals surface area contributed by atoms with Gasteiger partial charge in [0.2, 0.25) is 5.75 Å². The minimum Gasteiger partial charge on any atom is -0.484 e. The van der Waals surface area contributed by atoms with Crippen molar-refractivity contribution in [3.63, 3.8) is 0 Å². The Bertz CT molecular complexity index is 491. The van der Waals surface area contributed by atoms with E-state index in [1.54, 1.807) is 0 Å². The summed E-state index contributed by atoms with van der Waals surface area (Å²) < 4.78 is 24.5. The number of benzene rings is 1. The van der Waals surface area contributed by atoms with Gasteiger partial charge < -0.3 is 9.47 Å². The van der Waals surface area contributed by atoms with Crippen molar-refractivity contribution in [3.8, 4) is 5.75 Å². The standard InChI is InChI=1S/C13H16FNO4S/c14-10-2-1-3-11(15(16)17)12(10)19-8-13(9-20)4-6-18-7-5-13/h1-3,20H,4-9H2. The summed E-state index contributed by atoms with van der Waals surface area (Å²) in [6.45, 7) is 1.40. The van der Waals surface area contributed by atoms with Crippen LogP contribution in [0.15, 0.2) is 18.2 Å². The second kappa shape index (κ2) is 6.41. The summed E-state index contributed by atoms with van der Waals surface area (Å²) in [7, 11) is 0. The molecular formula is C13H16FNO4S. The largest absolute Gasteiger partial charge is 0.484 e. The highest BCUT2D eigenvalue weighted by Crippen LogP contribution is 2.35. The zero-order chi connectivity index (χ0) is 14.6. The molecule has 1 aromatic carbocycles. The lowest BCUT2D eigenvalue weighted by atomic mass is 9.83. The van der Waals surface area contributed by atoms with Crippen molar-refractivity contribution in [1.29, 1.82) is 0 Å². The molecule has 0 atom stereocenters. The van der Waals surface area contributed by atoms with Gasteiger partial charge >= 0.3 is 5.69 Å². The highest BCUT2D eigenvalue weighted by molar-refractivity contribution is 7.80.